The standard InChI is InChI=1S/C23H27NO5.3C2H6/c1-2-29-23(28)15-12-20(24-21(25)13-14-22(26)27)16-17-8-10-19(11-9-17)18-6-4-3-5-7-18;3*1-2/h3-11,20H,2,12-16H2,1H3,(H,24,25)(H,26,27);3*1-2H3. The van der Waals surface area contributed by atoms with Gasteiger partial charge < -0.3 is 15.2 Å². The first-order valence-corrected chi connectivity index (χ1v) is 12.8. The molecule has 0 bridgehead atoms. The number of rotatable bonds is 11. The van der Waals surface area contributed by atoms with Gasteiger partial charge in [-0.05, 0) is 36.5 Å². The fraction of sp³-hybridized carbons (Fsp3) is 0.483. The summed E-state index contributed by atoms with van der Waals surface area (Å²) >= 11 is 0. The number of nitrogens with one attached hydrogen (secondary N) is 1. The maximum atomic E-state index is 12.1. The Balaban J connectivity index is 0. The second-order valence-electron chi connectivity index (χ2n) is 6.77. The van der Waals surface area contributed by atoms with Crippen molar-refractivity contribution in [3.8, 4) is 11.1 Å². The lowest BCUT2D eigenvalue weighted by atomic mass is 9.98. The molecule has 0 aliphatic heterocycles. The van der Waals surface area contributed by atoms with Gasteiger partial charge in [-0.3, -0.25) is 14.4 Å². The van der Waals surface area contributed by atoms with Crippen LogP contribution in [0.5, 0.6) is 0 Å². The van der Waals surface area contributed by atoms with Crippen molar-refractivity contribution in [3.05, 3.63) is 60.2 Å². The Morgan fingerprint density at radius 3 is 1.86 bits per heavy atom. The van der Waals surface area contributed by atoms with Crippen LogP contribution in [-0.2, 0) is 25.5 Å². The van der Waals surface area contributed by atoms with Crippen molar-refractivity contribution >= 4 is 17.8 Å². The molecule has 2 rings (SSSR count). The first kappa shape index (κ1) is 34.0. The number of esters is 1. The Bertz CT molecular complexity index is 804. The third-order valence-electron chi connectivity index (χ3n) is 4.48. The molecular weight excluding hydrogens is 442 g/mol. The van der Waals surface area contributed by atoms with Crippen molar-refractivity contribution in [1.29, 1.82) is 0 Å². The molecule has 2 aromatic carbocycles. The highest BCUT2D eigenvalue weighted by molar-refractivity contribution is 5.81. The van der Waals surface area contributed by atoms with Crippen molar-refractivity contribution in [3.63, 3.8) is 0 Å². The van der Waals surface area contributed by atoms with Crippen LogP contribution in [-0.4, -0.2) is 35.6 Å². The molecule has 0 aromatic heterocycles. The average Bonchev–Trinajstić information content (AvgIpc) is 2.91. The lowest BCUT2D eigenvalue weighted by Crippen LogP contribution is -2.37. The van der Waals surface area contributed by atoms with E-state index in [1.54, 1.807) is 6.92 Å². The van der Waals surface area contributed by atoms with Crippen LogP contribution in [0.25, 0.3) is 11.1 Å². The molecule has 196 valence electrons. The van der Waals surface area contributed by atoms with Crippen LogP contribution >= 0.6 is 0 Å². The van der Waals surface area contributed by atoms with Crippen LogP contribution in [0.4, 0.5) is 0 Å². The van der Waals surface area contributed by atoms with Gasteiger partial charge in [0.05, 0.1) is 13.0 Å². The summed E-state index contributed by atoms with van der Waals surface area (Å²) in [4.78, 5) is 34.4. The molecule has 2 aromatic rings. The van der Waals surface area contributed by atoms with Crippen molar-refractivity contribution in [1.82, 2.24) is 5.32 Å². The molecule has 35 heavy (non-hydrogen) atoms. The van der Waals surface area contributed by atoms with Crippen LogP contribution in [0.1, 0.15) is 79.7 Å². The number of benzene rings is 2. The van der Waals surface area contributed by atoms with Gasteiger partial charge in [0.2, 0.25) is 5.91 Å². The summed E-state index contributed by atoms with van der Waals surface area (Å²) in [7, 11) is 0. The number of hydrogen-bond acceptors (Lipinski definition) is 4. The first-order chi connectivity index (χ1) is 17.0. The summed E-state index contributed by atoms with van der Waals surface area (Å²) < 4.78 is 4.96. The van der Waals surface area contributed by atoms with Gasteiger partial charge in [-0.2, -0.15) is 0 Å². The minimum atomic E-state index is -1.01. The second-order valence-corrected chi connectivity index (χ2v) is 6.77. The Labute approximate surface area is 212 Å². The van der Waals surface area contributed by atoms with E-state index in [2.05, 4.69) is 5.32 Å². The van der Waals surface area contributed by atoms with Crippen LogP contribution in [0, 0.1) is 0 Å². The Hall–Kier alpha value is -3.15. The molecule has 6 heteroatoms. The number of amides is 1. The van der Waals surface area contributed by atoms with E-state index in [0.717, 1.165) is 16.7 Å². The molecule has 0 fully saturated rings. The Morgan fingerprint density at radius 1 is 0.800 bits per heavy atom. The van der Waals surface area contributed by atoms with E-state index in [9.17, 15) is 14.4 Å². The molecule has 0 aliphatic rings. The third-order valence-corrected chi connectivity index (χ3v) is 4.48. The lowest BCUT2D eigenvalue weighted by Gasteiger charge is -2.19. The Kier molecular flexibility index (Phi) is 22.0. The fourth-order valence-electron chi connectivity index (χ4n) is 3.02. The van der Waals surface area contributed by atoms with Crippen molar-refractivity contribution in [2.24, 2.45) is 0 Å². The highest BCUT2D eigenvalue weighted by Crippen LogP contribution is 2.20. The van der Waals surface area contributed by atoms with Crippen LogP contribution in [0.3, 0.4) is 0 Å². The number of ether oxygens (including phenoxy) is 1. The van der Waals surface area contributed by atoms with E-state index in [0.29, 0.717) is 19.4 Å². The molecule has 1 amide bonds. The van der Waals surface area contributed by atoms with Crippen molar-refractivity contribution in [2.45, 2.75) is 86.6 Å². The lowest BCUT2D eigenvalue weighted by molar-refractivity contribution is -0.143. The van der Waals surface area contributed by atoms with Crippen molar-refractivity contribution < 1.29 is 24.2 Å². The zero-order valence-corrected chi connectivity index (χ0v) is 22.6. The van der Waals surface area contributed by atoms with E-state index in [1.165, 1.54) is 0 Å². The smallest absolute Gasteiger partial charge is 0.305 e. The average molecular weight is 488 g/mol. The number of aliphatic carboxylic acids is 1. The van der Waals surface area contributed by atoms with E-state index >= 15 is 0 Å². The number of hydrogen-bond donors (Lipinski definition) is 2. The van der Waals surface area contributed by atoms with Crippen molar-refractivity contribution in [2.75, 3.05) is 6.61 Å². The maximum absolute atomic E-state index is 12.1. The summed E-state index contributed by atoms with van der Waals surface area (Å²) in [6.45, 7) is 14.1. The maximum Gasteiger partial charge on any atom is 0.305 e. The van der Waals surface area contributed by atoms with Crippen LogP contribution < -0.4 is 5.32 Å². The molecule has 1 atom stereocenters. The highest BCUT2D eigenvalue weighted by atomic mass is 16.5. The number of carboxylic acids is 1. The summed E-state index contributed by atoms with van der Waals surface area (Å²) in [6.07, 6.45) is 0.867. The van der Waals surface area contributed by atoms with E-state index in [-0.39, 0.29) is 37.2 Å². The largest absolute Gasteiger partial charge is 0.481 e. The predicted octanol–water partition coefficient (Wildman–Crippen LogP) is 6.67. The quantitative estimate of drug-likeness (QED) is 0.345. The minimum absolute atomic E-state index is 0.0851. The molecule has 0 saturated carbocycles. The summed E-state index contributed by atoms with van der Waals surface area (Å²) in [5.74, 6) is -1.65. The highest BCUT2D eigenvalue weighted by Gasteiger charge is 2.16. The summed E-state index contributed by atoms with van der Waals surface area (Å²) in [5, 5.41) is 11.6. The van der Waals surface area contributed by atoms with Gasteiger partial charge in [0.1, 0.15) is 0 Å². The van der Waals surface area contributed by atoms with E-state index in [1.807, 2.05) is 96.1 Å². The second kappa shape index (κ2) is 22.6. The predicted molar refractivity (Wildman–Crippen MR) is 144 cm³/mol. The number of carbonyl (C=O) groups is 3. The molecule has 2 N–H and O–H groups in total. The normalized spacial score (nSPS) is 10.0. The molecule has 0 radical (unpaired) electrons. The number of carbonyl (C=O) groups excluding carboxylic acids is 2. The molecule has 0 spiro atoms. The monoisotopic (exact) mass is 487 g/mol. The molecule has 1 unspecified atom stereocenters. The van der Waals surface area contributed by atoms with E-state index < -0.39 is 5.97 Å². The van der Waals surface area contributed by atoms with Gasteiger partial charge >= 0.3 is 11.9 Å². The molecule has 0 heterocycles. The molecule has 0 aliphatic carbocycles. The van der Waals surface area contributed by atoms with Crippen LogP contribution in [0.2, 0.25) is 0 Å². The zero-order chi connectivity index (χ0) is 27.1. The first-order valence-electron chi connectivity index (χ1n) is 12.8. The van der Waals surface area contributed by atoms with Crippen LogP contribution in [0.15, 0.2) is 54.6 Å². The van der Waals surface area contributed by atoms with Gasteiger partial charge in [0.15, 0.2) is 0 Å². The van der Waals surface area contributed by atoms with Gasteiger partial charge in [-0.1, -0.05) is 96.1 Å². The third kappa shape index (κ3) is 16.2. The van der Waals surface area contributed by atoms with Gasteiger partial charge in [-0.25, -0.2) is 0 Å². The van der Waals surface area contributed by atoms with E-state index in [4.69, 9.17) is 9.84 Å². The van der Waals surface area contributed by atoms with Gasteiger partial charge in [0, 0.05) is 18.9 Å². The number of carboxylic acid groups (broad SMARTS) is 1. The summed E-state index contributed by atoms with van der Waals surface area (Å²) in [5.41, 5.74) is 3.25. The fourth-order valence-corrected chi connectivity index (χ4v) is 3.02. The molecular formula is C29H45NO5. The zero-order valence-electron chi connectivity index (χ0n) is 22.6. The molecule has 0 saturated heterocycles. The Morgan fingerprint density at radius 2 is 1.34 bits per heavy atom. The SMILES string of the molecule is CC.CC.CC.CCOC(=O)CCC(Cc1ccc(-c2ccccc2)cc1)NC(=O)CCC(=O)O. The summed E-state index contributed by atoms with van der Waals surface area (Å²) in [6, 6.07) is 17.8. The topological polar surface area (TPSA) is 92.7 Å². The van der Waals surface area contributed by atoms with Gasteiger partial charge in [0.25, 0.3) is 0 Å². The van der Waals surface area contributed by atoms with Gasteiger partial charge in [-0.15, -0.1) is 0 Å². The minimum Gasteiger partial charge on any atom is -0.481 e. The molecule has 6 nitrogen and oxygen atoms in total.